The highest BCUT2D eigenvalue weighted by molar-refractivity contribution is 5.95. The lowest BCUT2D eigenvalue weighted by Crippen LogP contribution is -2.24. The fourth-order valence-electron chi connectivity index (χ4n) is 1.58. The normalized spacial score (nSPS) is 10.1. The summed E-state index contributed by atoms with van der Waals surface area (Å²) in [5.41, 5.74) is 5.96. The zero-order valence-corrected chi connectivity index (χ0v) is 10.8. The van der Waals surface area contributed by atoms with Gasteiger partial charge in [0.2, 0.25) is 5.88 Å². The predicted molar refractivity (Wildman–Crippen MR) is 70.6 cm³/mol. The molecule has 0 spiro atoms. The number of carbonyl (C=O) groups excluding carboxylic acids is 1. The Balaban J connectivity index is 2.06. The molecular weight excluding hydrogens is 263 g/mol. The molecule has 0 aliphatic rings. The van der Waals surface area contributed by atoms with Gasteiger partial charge in [0.15, 0.2) is 11.6 Å². The van der Waals surface area contributed by atoms with E-state index in [1.165, 1.54) is 19.4 Å². The van der Waals surface area contributed by atoms with Crippen LogP contribution in [-0.4, -0.2) is 23.0 Å². The lowest BCUT2D eigenvalue weighted by Gasteiger charge is -2.07. The molecule has 0 fully saturated rings. The Bertz CT molecular complexity index is 634. The highest BCUT2D eigenvalue weighted by Gasteiger charge is 2.14. The zero-order valence-electron chi connectivity index (χ0n) is 10.8. The van der Waals surface area contributed by atoms with E-state index in [9.17, 15) is 9.18 Å². The third-order valence-electron chi connectivity index (χ3n) is 2.62. The van der Waals surface area contributed by atoms with Crippen LogP contribution in [0.3, 0.4) is 0 Å². The van der Waals surface area contributed by atoms with Crippen LogP contribution in [-0.2, 0) is 6.54 Å². The second-order valence-electron chi connectivity index (χ2n) is 3.95. The van der Waals surface area contributed by atoms with Crippen LogP contribution in [0.15, 0.2) is 30.6 Å². The minimum Gasteiger partial charge on any atom is -0.481 e. The fraction of sp³-hybridized carbons (Fsp3) is 0.154. The number of anilines is 1. The summed E-state index contributed by atoms with van der Waals surface area (Å²) in [5, 5.41) is 2.59. The Labute approximate surface area is 114 Å². The average molecular weight is 276 g/mol. The summed E-state index contributed by atoms with van der Waals surface area (Å²) < 4.78 is 18.6. The number of nitrogens with one attached hydrogen (secondary N) is 1. The summed E-state index contributed by atoms with van der Waals surface area (Å²) in [6, 6.07) is 4.67. The smallest absolute Gasteiger partial charge is 0.254 e. The number of hydrogen-bond donors (Lipinski definition) is 2. The first kappa shape index (κ1) is 13.7. The van der Waals surface area contributed by atoms with Gasteiger partial charge in [-0.2, -0.15) is 0 Å². The van der Waals surface area contributed by atoms with Gasteiger partial charge in [0.05, 0.1) is 12.7 Å². The van der Waals surface area contributed by atoms with E-state index in [2.05, 4.69) is 15.3 Å². The van der Waals surface area contributed by atoms with Crippen LogP contribution >= 0.6 is 0 Å². The Kier molecular flexibility index (Phi) is 4.09. The molecule has 0 unspecified atom stereocenters. The van der Waals surface area contributed by atoms with Crippen molar-refractivity contribution in [3.63, 3.8) is 0 Å². The first-order valence-corrected chi connectivity index (χ1v) is 5.79. The Morgan fingerprint density at radius 3 is 2.90 bits per heavy atom. The molecule has 7 heteroatoms. The van der Waals surface area contributed by atoms with Crippen molar-refractivity contribution in [1.29, 1.82) is 0 Å². The van der Waals surface area contributed by atoms with Crippen molar-refractivity contribution in [2.75, 3.05) is 12.8 Å². The number of nitrogen functional groups attached to an aromatic ring is 1. The van der Waals surface area contributed by atoms with Crippen LogP contribution < -0.4 is 15.8 Å². The second-order valence-corrected chi connectivity index (χ2v) is 3.95. The molecule has 2 rings (SSSR count). The second kappa shape index (κ2) is 5.96. The SMILES string of the molecule is COc1cc(CNC(=O)c2ccnc(N)c2F)ccn1. The van der Waals surface area contributed by atoms with Crippen molar-refractivity contribution < 1.29 is 13.9 Å². The van der Waals surface area contributed by atoms with Crippen LogP contribution in [0.25, 0.3) is 0 Å². The van der Waals surface area contributed by atoms with E-state index in [0.717, 1.165) is 5.56 Å². The van der Waals surface area contributed by atoms with Gasteiger partial charge < -0.3 is 15.8 Å². The van der Waals surface area contributed by atoms with E-state index in [4.69, 9.17) is 10.5 Å². The minimum absolute atomic E-state index is 0.140. The van der Waals surface area contributed by atoms with Gasteiger partial charge >= 0.3 is 0 Å². The Morgan fingerprint density at radius 1 is 1.40 bits per heavy atom. The standard InChI is InChI=1S/C13H13FN4O2/c1-20-10-6-8(2-4-16-10)7-18-13(19)9-3-5-17-12(15)11(9)14/h2-6H,7H2,1H3,(H2,15,17)(H,18,19). The largest absolute Gasteiger partial charge is 0.481 e. The lowest BCUT2D eigenvalue weighted by molar-refractivity contribution is 0.0946. The van der Waals surface area contributed by atoms with Crippen LogP contribution in [0, 0.1) is 5.82 Å². The molecule has 6 nitrogen and oxygen atoms in total. The van der Waals surface area contributed by atoms with E-state index in [1.54, 1.807) is 18.3 Å². The third kappa shape index (κ3) is 3.00. The number of hydrogen-bond acceptors (Lipinski definition) is 5. The van der Waals surface area contributed by atoms with Gasteiger partial charge in [0, 0.05) is 25.0 Å². The van der Waals surface area contributed by atoms with Crippen molar-refractivity contribution in [3.8, 4) is 5.88 Å². The molecular formula is C13H13FN4O2. The summed E-state index contributed by atoms with van der Waals surface area (Å²) in [6.45, 7) is 0.222. The third-order valence-corrected chi connectivity index (χ3v) is 2.62. The topological polar surface area (TPSA) is 90.1 Å². The summed E-state index contributed by atoms with van der Waals surface area (Å²) in [6.07, 6.45) is 2.84. The van der Waals surface area contributed by atoms with Crippen LogP contribution in [0.4, 0.5) is 10.2 Å². The van der Waals surface area contributed by atoms with Crippen LogP contribution in [0.5, 0.6) is 5.88 Å². The molecule has 0 aromatic carbocycles. The molecule has 3 N–H and O–H groups in total. The molecule has 0 aliphatic heterocycles. The Morgan fingerprint density at radius 2 is 2.15 bits per heavy atom. The van der Waals surface area contributed by atoms with Gasteiger partial charge in [0.25, 0.3) is 5.91 Å². The number of nitrogens with zero attached hydrogens (tertiary/aromatic N) is 2. The molecule has 20 heavy (non-hydrogen) atoms. The van der Waals surface area contributed by atoms with E-state index >= 15 is 0 Å². The molecule has 2 heterocycles. The van der Waals surface area contributed by atoms with Crippen molar-refractivity contribution in [2.45, 2.75) is 6.54 Å². The highest BCUT2D eigenvalue weighted by Crippen LogP contribution is 2.12. The van der Waals surface area contributed by atoms with Gasteiger partial charge in [-0.25, -0.2) is 14.4 Å². The number of ether oxygens (including phenoxy) is 1. The molecule has 2 aromatic heterocycles. The van der Waals surface area contributed by atoms with E-state index in [1.807, 2.05) is 0 Å². The van der Waals surface area contributed by atoms with Crippen LogP contribution in [0.1, 0.15) is 15.9 Å². The number of nitrogens with two attached hydrogens (primary N) is 1. The first-order valence-electron chi connectivity index (χ1n) is 5.79. The molecule has 104 valence electrons. The summed E-state index contributed by atoms with van der Waals surface area (Å²) in [4.78, 5) is 19.4. The van der Waals surface area contributed by atoms with Crippen molar-refractivity contribution in [3.05, 3.63) is 47.5 Å². The van der Waals surface area contributed by atoms with Crippen molar-refractivity contribution >= 4 is 11.7 Å². The highest BCUT2D eigenvalue weighted by atomic mass is 19.1. The lowest BCUT2D eigenvalue weighted by atomic mass is 10.2. The number of carbonyl (C=O) groups is 1. The molecule has 1 amide bonds. The van der Waals surface area contributed by atoms with E-state index in [-0.39, 0.29) is 17.9 Å². The number of aromatic nitrogens is 2. The fourth-order valence-corrected chi connectivity index (χ4v) is 1.58. The zero-order chi connectivity index (χ0) is 14.5. The Hall–Kier alpha value is -2.70. The van der Waals surface area contributed by atoms with Gasteiger partial charge in [-0.05, 0) is 17.7 Å². The molecule has 0 aliphatic carbocycles. The predicted octanol–water partition coefficient (Wildman–Crippen LogP) is 1.14. The van der Waals surface area contributed by atoms with Gasteiger partial charge in [-0.15, -0.1) is 0 Å². The summed E-state index contributed by atoms with van der Waals surface area (Å²) in [5.74, 6) is -1.25. The molecule has 0 bridgehead atoms. The molecule has 0 saturated carbocycles. The number of amides is 1. The quantitative estimate of drug-likeness (QED) is 0.873. The number of methoxy groups -OCH3 is 1. The maximum absolute atomic E-state index is 13.6. The molecule has 2 aromatic rings. The van der Waals surface area contributed by atoms with Crippen molar-refractivity contribution in [2.24, 2.45) is 0 Å². The maximum Gasteiger partial charge on any atom is 0.254 e. The van der Waals surface area contributed by atoms with Crippen molar-refractivity contribution in [1.82, 2.24) is 15.3 Å². The first-order chi connectivity index (χ1) is 9.61. The van der Waals surface area contributed by atoms with Gasteiger partial charge in [-0.1, -0.05) is 0 Å². The van der Waals surface area contributed by atoms with E-state index < -0.39 is 11.7 Å². The summed E-state index contributed by atoms with van der Waals surface area (Å²) in [7, 11) is 1.50. The maximum atomic E-state index is 13.6. The number of halogens is 1. The summed E-state index contributed by atoms with van der Waals surface area (Å²) >= 11 is 0. The van der Waals surface area contributed by atoms with Gasteiger partial charge in [0.1, 0.15) is 0 Å². The minimum atomic E-state index is -0.822. The number of rotatable bonds is 4. The average Bonchev–Trinajstić information content (AvgIpc) is 2.48. The monoisotopic (exact) mass is 276 g/mol. The number of pyridine rings is 2. The molecule has 0 radical (unpaired) electrons. The van der Waals surface area contributed by atoms with Gasteiger partial charge in [-0.3, -0.25) is 4.79 Å². The van der Waals surface area contributed by atoms with E-state index in [0.29, 0.717) is 5.88 Å². The van der Waals surface area contributed by atoms with Crippen LogP contribution in [0.2, 0.25) is 0 Å². The molecule has 0 saturated heterocycles. The molecule has 0 atom stereocenters.